The zero-order chi connectivity index (χ0) is 17.2. The molecular formula is C18H21BrN2O2. The number of hydrogen-bond acceptors (Lipinski definition) is 3. The molecule has 0 aromatic heterocycles. The van der Waals surface area contributed by atoms with Gasteiger partial charge in [-0.1, -0.05) is 51.6 Å². The summed E-state index contributed by atoms with van der Waals surface area (Å²) in [4.78, 5) is 12.2. The van der Waals surface area contributed by atoms with Crippen LogP contribution in [0.1, 0.15) is 20.8 Å². The number of amides is 1. The van der Waals surface area contributed by atoms with Gasteiger partial charge in [0.05, 0.1) is 5.69 Å². The molecule has 0 saturated carbocycles. The lowest BCUT2D eigenvalue weighted by atomic mass is 9.89. The number of hydrogen-bond donors (Lipinski definition) is 2. The van der Waals surface area contributed by atoms with Gasteiger partial charge in [0.1, 0.15) is 6.10 Å². The first-order chi connectivity index (χ1) is 10.7. The standard InChI is InChI=1S/C18H21BrN2O2/c1-5-15(18(2,3)4)23-17(22)21-14-10-9-11-12(16(14)19)7-6-8-13(11)20/h5-10,15H,1,20H2,2-4H3,(H,21,22). The van der Waals surface area contributed by atoms with Crippen molar-refractivity contribution in [1.82, 2.24) is 0 Å². The molecule has 0 radical (unpaired) electrons. The molecule has 3 N–H and O–H groups in total. The molecule has 1 unspecified atom stereocenters. The molecule has 5 heteroatoms. The number of rotatable bonds is 3. The van der Waals surface area contributed by atoms with Gasteiger partial charge in [-0.3, -0.25) is 5.32 Å². The smallest absolute Gasteiger partial charge is 0.412 e. The normalized spacial score (nSPS) is 12.7. The first-order valence-electron chi connectivity index (χ1n) is 7.31. The Morgan fingerprint density at radius 1 is 1.30 bits per heavy atom. The maximum absolute atomic E-state index is 12.2. The topological polar surface area (TPSA) is 64.3 Å². The van der Waals surface area contributed by atoms with Gasteiger partial charge in [-0.05, 0) is 28.1 Å². The van der Waals surface area contributed by atoms with Crippen LogP contribution < -0.4 is 11.1 Å². The molecule has 0 aliphatic heterocycles. The number of benzene rings is 2. The predicted octanol–water partition coefficient (Wildman–Crippen LogP) is 5.33. The third-order valence-electron chi connectivity index (χ3n) is 3.57. The van der Waals surface area contributed by atoms with Gasteiger partial charge >= 0.3 is 6.09 Å². The van der Waals surface area contributed by atoms with E-state index < -0.39 is 6.09 Å². The fourth-order valence-electron chi connectivity index (χ4n) is 2.28. The van der Waals surface area contributed by atoms with Gasteiger partial charge < -0.3 is 10.5 Å². The predicted molar refractivity (Wildman–Crippen MR) is 99.6 cm³/mol. The number of ether oxygens (including phenoxy) is 1. The Hall–Kier alpha value is -2.01. The van der Waals surface area contributed by atoms with Crippen LogP contribution in [0.4, 0.5) is 16.2 Å². The van der Waals surface area contributed by atoms with E-state index in [-0.39, 0.29) is 11.5 Å². The van der Waals surface area contributed by atoms with Crippen molar-refractivity contribution in [2.75, 3.05) is 11.1 Å². The SMILES string of the molecule is C=CC(OC(=O)Nc1ccc2c(N)cccc2c1Br)C(C)(C)C. The van der Waals surface area contributed by atoms with Gasteiger partial charge in [0.25, 0.3) is 0 Å². The highest BCUT2D eigenvalue weighted by Crippen LogP contribution is 2.34. The molecule has 0 spiro atoms. The van der Waals surface area contributed by atoms with Crippen LogP contribution in [0.3, 0.4) is 0 Å². The summed E-state index contributed by atoms with van der Waals surface area (Å²) in [5, 5.41) is 4.62. The van der Waals surface area contributed by atoms with Crippen LogP contribution >= 0.6 is 15.9 Å². The largest absolute Gasteiger partial charge is 0.441 e. The Morgan fingerprint density at radius 2 is 2.00 bits per heavy atom. The summed E-state index contributed by atoms with van der Waals surface area (Å²) in [6.07, 6.45) is 0.738. The molecule has 2 aromatic carbocycles. The summed E-state index contributed by atoms with van der Waals surface area (Å²) in [6, 6.07) is 9.32. The molecule has 23 heavy (non-hydrogen) atoms. The highest BCUT2D eigenvalue weighted by molar-refractivity contribution is 9.10. The lowest BCUT2D eigenvalue weighted by molar-refractivity contribution is 0.0716. The van der Waals surface area contributed by atoms with E-state index in [0.29, 0.717) is 11.4 Å². The third kappa shape index (κ3) is 3.85. The fraction of sp³-hybridized carbons (Fsp3) is 0.278. The number of nitrogens with two attached hydrogens (primary N) is 1. The zero-order valence-corrected chi connectivity index (χ0v) is 15.1. The van der Waals surface area contributed by atoms with E-state index >= 15 is 0 Å². The van der Waals surface area contributed by atoms with Gasteiger partial charge in [0, 0.05) is 26.3 Å². The molecule has 1 amide bonds. The van der Waals surface area contributed by atoms with Crippen molar-refractivity contribution < 1.29 is 9.53 Å². The Labute approximate surface area is 144 Å². The summed E-state index contributed by atoms with van der Waals surface area (Å²) in [6.45, 7) is 9.69. The number of nitrogens with one attached hydrogen (secondary N) is 1. The Balaban J connectivity index is 2.24. The number of anilines is 2. The summed E-state index contributed by atoms with van der Waals surface area (Å²) >= 11 is 3.52. The molecule has 2 aromatic rings. The molecular weight excluding hydrogens is 356 g/mol. The van der Waals surface area contributed by atoms with Crippen LogP contribution in [-0.2, 0) is 4.74 Å². The molecule has 0 bridgehead atoms. The molecule has 0 aliphatic rings. The molecule has 4 nitrogen and oxygen atoms in total. The van der Waals surface area contributed by atoms with Crippen molar-refractivity contribution >= 4 is 44.2 Å². The summed E-state index contributed by atoms with van der Waals surface area (Å²) in [7, 11) is 0. The van der Waals surface area contributed by atoms with Gasteiger partial charge in [-0.15, -0.1) is 0 Å². The molecule has 0 fully saturated rings. The fourth-order valence-corrected chi connectivity index (χ4v) is 2.85. The van der Waals surface area contributed by atoms with Crippen molar-refractivity contribution in [3.8, 4) is 0 Å². The quantitative estimate of drug-likeness (QED) is 0.561. The third-order valence-corrected chi connectivity index (χ3v) is 4.42. The lowest BCUT2D eigenvalue weighted by Crippen LogP contribution is -2.31. The van der Waals surface area contributed by atoms with E-state index in [1.54, 1.807) is 12.1 Å². The second-order valence-electron chi connectivity index (χ2n) is 6.42. The molecule has 1 atom stereocenters. The van der Waals surface area contributed by atoms with Crippen molar-refractivity contribution in [1.29, 1.82) is 0 Å². The first kappa shape index (κ1) is 17.3. The molecule has 0 saturated heterocycles. The Morgan fingerprint density at radius 3 is 2.61 bits per heavy atom. The summed E-state index contributed by atoms with van der Waals surface area (Å²) < 4.78 is 6.21. The van der Waals surface area contributed by atoms with Crippen molar-refractivity contribution in [2.24, 2.45) is 5.41 Å². The van der Waals surface area contributed by atoms with Gasteiger partial charge in [0.15, 0.2) is 0 Å². The summed E-state index contributed by atoms with van der Waals surface area (Å²) in [5.41, 5.74) is 7.07. The highest BCUT2D eigenvalue weighted by Gasteiger charge is 2.25. The maximum Gasteiger partial charge on any atom is 0.412 e. The van der Waals surface area contributed by atoms with Gasteiger partial charge in [-0.25, -0.2) is 4.79 Å². The lowest BCUT2D eigenvalue weighted by Gasteiger charge is -2.27. The minimum Gasteiger partial charge on any atom is -0.441 e. The average molecular weight is 377 g/mol. The number of carbonyl (C=O) groups is 1. The van der Waals surface area contributed by atoms with Gasteiger partial charge in [-0.2, -0.15) is 0 Å². The van der Waals surface area contributed by atoms with E-state index in [1.807, 2.05) is 45.0 Å². The maximum atomic E-state index is 12.2. The summed E-state index contributed by atoms with van der Waals surface area (Å²) in [5.74, 6) is 0. The van der Waals surface area contributed by atoms with Crippen LogP contribution in [0.15, 0.2) is 47.5 Å². The van der Waals surface area contributed by atoms with Crippen molar-refractivity contribution in [3.63, 3.8) is 0 Å². The average Bonchev–Trinajstić information content (AvgIpc) is 2.47. The minimum atomic E-state index is -0.520. The number of fused-ring (bicyclic) bond motifs is 1. The molecule has 2 rings (SSSR count). The number of carbonyl (C=O) groups excluding carboxylic acids is 1. The van der Waals surface area contributed by atoms with E-state index in [9.17, 15) is 4.79 Å². The Bertz CT molecular complexity index is 751. The minimum absolute atomic E-state index is 0.214. The monoisotopic (exact) mass is 376 g/mol. The van der Waals surface area contributed by atoms with Crippen LogP contribution in [0.5, 0.6) is 0 Å². The van der Waals surface area contributed by atoms with Crippen LogP contribution in [0, 0.1) is 5.41 Å². The highest BCUT2D eigenvalue weighted by atomic mass is 79.9. The first-order valence-corrected chi connectivity index (χ1v) is 8.10. The van der Waals surface area contributed by atoms with Crippen LogP contribution in [-0.4, -0.2) is 12.2 Å². The van der Waals surface area contributed by atoms with Crippen LogP contribution in [0.2, 0.25) is 0 Å². The molecule has 0 heterocycles. The van der Waals surface area contributed by atoms with Gasteiger partial charge in [0.2, 0.25) is 0 Å². The zero-order valence-electron chi connectivity index (χ0n) is 13.5. The molecule has 122 valence electrons. The van der Waals surface area contributed by atoms with E-state index in [0.717, 1.165) is 15.2 Å². The second-order valence-corrected chi connectivity index (χ2v) is 7.22. The molecule has 0 aliphatic carbocycles. The van der Waals surface area contributed by atoms with E-state index in [4.69, 9.17) is 10.5 Å². The van der Waals surface area contributed by atoms with Crippen molar-refractivity contribution in [2.45, 2.75) is 26.9 Å². The van der Waals surface area contributed by atoms with E-state index in [2.05, 4.69) is 27.8 Å². The Kier molecular flexibility index (Phi) is 5.00. The second kappa shape index (κ2) is 6.62. The van der Waals surface area contributed by atoms with Crippen LogP contribution in [0.25, 0.3) is 10.8 Å². The number of nitrogen functional groups attached to an aromatic ring is 1. The number of halogens is 1. The van der Waals surface area contributed by atoms with E-state index in [1.165, 1.54) is 0 Å². The van der Waals surface area contributed by atoms with Crippen molar-refractivity contribution in [3.05, 3.63) is 47.5 Å².